The van der Waals surface area contributed by atoms with Crippen molar-refractivity contribution >= 4 is 15.9 Å². The Morgan fingerprint density at radius 2 is 2.00 bits per heavy atom. The van der Waals surface area contributed by atoms with E-state index >= 15 is 0 Å². The third-order valence-corrected chi connectivity index (χ3v) is 4.82. The van der Waals surface area contributed by atoms with E-state index in [1.807, 2.05) is 0 Å². The van der Waals surface area contributed by atoms with Crippen LogP contribution >= 0.6 is 0 Å². The molecule has 7 nitrogen and oxygen atoms in total. The van der Waals surface area contributed by atoms with Gasteiger partial charge in [-0.1, -0.05) is 0 Å². The summed E-state index contributed by atoms with van der Waals surface area (Å²) in [5.74, 6) is -0.0240. The summed E-state index contributed by atoms with van der Waals surface area (Å²) < 4.78 is 26.1. The molecule has 0 saturated carbocycles. The second kappa shape index (κ2) is 5.92. The van der Waals surface area contributed by atoms with Crippen molar-refractivity contribution in [2.75, 3.05) is 32.4 Å². The Morgan fingerprint density at radius 3 is 2.60 bits per heavy atom. The number of sulfonamides is 1. The summed E-state index contributed by atoms with van der Waals surface area (Å²) in [5, 5.41) is 4.07. The number of amides is 1. The fourth-order valence-corrected chi connectivity index (χ4v) is 3.21. The Balaban J connectivity index is 2.02. The van der Waals surface area contributed by atoms with Crippen LogP contribution in [0.4, 0.5) is 0 Å². The highest BCUT2D eigenvalue weighted by Gasteiger charge is 2.27. The minimum atomic E-state index is -3.18. The largest absolute Gasteiger partial charge is 0.339 e. The SMILES string of the molecule is C[C@H](C(=O)N1CCCN(S(C)(=O)=O)CC1)n1cccn1. The first-order valence-electron chi connectivity index (χ1n) is 6.62. The molecule has 0 unspecified atom stereocenters. The molecule has 0 N–H and O–H groups in total. The molecule has 1 saturated heterocycles. The average Bonchev–Trinajstić information content (AvgIpc) is 2.79. The highest BCUT2D eigenvalue weighted by atomic mass is 32.2. The van der Waals surface area contributed by atoms with E-state index in [1.165, 1.54) is 10.6 Å². The van der Waals surface area contributed by atoms with E-state index < -0.39 is 10.0 Å². The predicted molar refractivity (Wildman–Crippen MR) is 74.6 cm³/mol. The molecule has 0 aliphatic carbocycles. The van der Waals surface area contributed by atoms with Gasteiger partial charge in [-0.05, 0) is 19.4 Å². The molecule has 1 aliphatic heterocycles. The van der Waals surface area contributed by atoms with E-state index in [0.717, 1.165) is 0 Å². The summed E-state index contributed by atoms with van der Waals surface area (Å²) >= 11 is 0. The van der Waals surface area contributed by atoms with Gasteiger partial charge in [-0.3, -0.25) is 9.48 Å². The van der Waals surface area contributed by atoms with Gasteiger partial charge in [0, 0.05) is 38.6 Å². The van der Waals surface area contributed by atoms with Gasteiger partial charge in [-0.2, -0.15) is 5.10 Å². The average molecular weight is 300 g/mol. The summed E-state index contributed by atoms with van der Waals surface area (Å²) in [7, 11) is -3.18. The molecule has 0 bridgehead atoms. The van der Waals surface area contributed by atoms with Crippen molar-refractivity contribution in [3.8, 4) is 0 Å². The van der Waals surface area contributed by atoms with Crippen molar-refractivity contribution in [3.63, 3.8) is 0 Å². The summed E-state index contributed by atoms with van der Waals surface area (Å²) in [4.78, 5) is 14.1. The number of aromatic nitrogens is 2. The number of carbonyl (C=O) groups excluding carboxylic acids is 1. The Bertz CT molecular complexity index is 555. The smallest absolute Gasteiger partial charge is 0.247 e. The zero-order valence-corrected chi connectivity index (χ0v) is 12.6. The molecule has 1 fully saturated rings. The van der Waals surface area contributed by atoms with E-state index in [-0.39, 0.29) is 11.9 Å². The molecule has 112 valence electrons. The van der Waals surface area contributed by atoms with Crippen LogP contribution in [-0.4, -0.2) is 65.7 Å². The van der Waals surface area contributed by atoms with Crippen LogP contribution in [-0.2, 0) is 14.8 Å². The van der Waals surface area contributed by atoms with Gasteiger partial charge in [0.1, 0.15) is 6.04 Å². The second-order valence-electron chi connectivity index (χ2n) is 5.00. The molecule has 1 aliphatic rings. The summed E-state index contributed by atoms with van der Waals surface area (Å²) in [6, 6.07) is 1.41. The first-order chi connectivity index (χ1) is 9.39. The fraction of sp³-hybridized carbons (Fsp3) is 0.667. The molecule has 2 rings (SSSR count). The van der Waals surface area contributed by atoms with E-state index in [9.17, 15) is 13.2 Å². The summed E-state index contributed by atoms with van der Waals surface area (Å²) in [6.07, 6.45) is 5.25. The monoisotopic (exact) mass is 300 g/mol. The first kappa shape index (κ1) is 15.0. The van der Waals surface area contributed by atoms with Crippen LogP contribution in [0.5, 0.6) is 0 Å². The lowest BCUT2D eigenvalue weighted by molar-refractivity contribution is -0.134. The third-order valence-electron chi connectivity index (χ3n) is 3.51. The number of rotatable bonds is 3. The minimum absolute atomic E-state index is 0.0240. The quantitative estimate of drug-likeness (QED) is 0.783. The van der Waals surface area contributed by atoms with Gasteiger partial charge in [0.25, 0.3) is 0 Å². The van der Waals surface area contributed by atoms with E-state index in [4.69, 9.17) is 0 Å². The molecule has 1 aromatic rings. The molecular weight excluding hydrogens is 280 g/mol. The Labute approximate surface area is 119 Å². The first-order valence-corrected chi connectivity index (χ1v) is 8.47. The van der Waals surface area contributed by atoms with Crippen LogP contribution in [0.15, 0.2) is 18.5 Å². The van der Waals surface area contributed by atoms with Gasteiger partial charge in [0.05, 0.1) is 6.26 Å². The Hall–Kier alpha value is -1.41. The maximum Gasteiger partial charge on any atom is 0.247 e. The molecule has 2 heterocycles. The molecular formula is C12H20N4O3S. The molecule has 0 radical (unpaired) electrons. The van der Waals surface area contributed by atoms with Crippen molar-refractivity contribution in [3.05, 3.63) is 18.5 Å². The predicted octanol–water partition coefficient (Wildman–Crippen LogP) is -0.0620. The molecule has 8 heteroatoms. The Morgan fingerprint density at radius 1 is 1.25 bits per heavy atom. The maximum atomic E-state index is 12.4. The van der Waals surface area contributed by atoms with Crippen LogP contribution in [0.1, 0.15) is 19.4 Å². The Kier molecular flexibility index (Phi) is 4.44. The maximum absolute atomic E-state index is 12.4. The van der Waals surface area contributed by atoms with Gasteiger partial charge in [0.2, 0.25) is 15.9 Å². The zero-order valence-electron chi connectivity index (χ0n) is 11.8. The van der Waals surface area contributed by atoms with Crippen LogP contribution in [0.25, 0.3) is 0 Å². The lowest BCUT2D eigenvalue weighted by Crippen LogP contribution is -2.39. The fourth-order valence-electron chi connectivity index (χ4n) is 2.33. The van der Waals surface area contributed by atoms with Crippen LogP contribution in [0.3, 0.4) is 0 Å². The van der Waals surface area contributed by atoms with Gasteiger partial charge in [-0.15, -0.1) is 0 Å². The second-order valence-corrected chi connectivity index (χ2v) is 6.99. The molecule has 1 atom stereocenters. The standard InChI is InChI=1S/C12H20N4O3S/c1-11(16-8-3-5-13-16)12(17)14-6-4-7-15(10-9-14)20(2,18)19/h3,5,8,11H,4,6-7,9-10H2,1-2H3/t11-/m1/s1. The van der Waals surface area contributed by atoms with Gasteiger partial charge < -0.3 is 4.90 Å². The lowest BCUT2D eigenvalue weighted by Gasteiger charge is -2.24. The number of hydrogen-bond donors (Lipinski definition) is 0. The number of nitrogens with zero attached hydrogens (tertiary/aromatic N) is 4. The molecule has 20 heavy (non-hydrogen) atoms. The number of carbonyl (C=O) groups is 1. The zero-order chi connectivity index (χ0) is 14.8. The topological polar surface area (TPSA) is 75.5 Å². The highest BCUT2D eigenvalue weighted by molar-refractivity contribution is 7.88. The van der Waals surface area contributed by atoms with Crippen molar-refractivity contribution in [1.82, 2.24) is 19.0 Å². The van der Waals surface area contributed by atoms with E-state index in [1.54, 1.807) is 35.0 Å². The van der Waals surface area contributed by atoms with Crippen LogP contribution in [0.2, 0.25) is 0 Å². The van der Waals surface area contributed by atoms with Crippen LogP contribution < -0.4 is 0 Å². The minimum Gasteiger partial charge on any atom is -0.339 e. The number of hydrogen-bond acceptors (Lipinski definition) is 4. The van der Waals surface area contributed by atoms with Gasteiger partial charge in [-0.25, -0.2) is 12.7 Å². The van der Waals surface area contributed by atoms with Gasteiger partial charge >= 0.3 is 0 Å². The molecule has 1 aromatic heterocycles. The molecule has 0 aromatic carbocycles. The highest BCUT2D eigenvalue weighted by Crippen LogP contribution is 2.13. The summed E-state index contributed by atoms with van der Waals surface area (Å²) in [6.45, 7) is 3.64. The summed E-state index contributed by atoms with van der Waals surface area (Å²) in [5.41, 5.74) is 0. The van der Waals surface area contributed by atoms with Gasteiger partial charge in [0.15, 0.2) is 0 Å². The lowest BCUT2D eigenvalue weighted by atomic mass is 10.2. The normalized spacial score (nSPS) is 19.6. The van der Waals surface area contributed by atoms with Crippen molar-refractivity contribution in [1.29, 1.82) is 0 Å². The van der Waals surface area contributed by atoms with E-state index in [0.29, 0.717) is 32.6 Å². The molecule has 0 spiro atoms. The van der Waals surface area contributed by atoms with Crippen LogP contribution in [0, 0.1) is 0 Å². The van der Waals surface area contributed by atoms with Crippen molar-refractivity contribution in [2.45, 2.75) is 19.4 Å². The van der Waals surface area contributed by atoms with E-state index in [2.05, 4.69) is 5.10 Å². The molecule has 1 amide bonds. The third kappa shape index (κ3) is 3.37. The van der Waals surface area contributed by atoms with Crippen molar-refractivity contribution < 1.29 is 13.2 Å². The van der Waals surface area contributed by atoms with Crippen molar-refractivity contribution in [2.24, 2.45) is 0 Å².